The number of rotatable bonds is 3. The molecule has 1 aromatic carbocycles. The minimum atomic E-state index is -0.167. The van der Waals surface area contributed by atoms with E-state index in [9.17, 15) is 0 Å². The Bertz CT molecular complexity index is 486. The third-order valence-electron chi connectivity index (χ3n) is 2.25. The first kappa shape index (κ1) is 12.4. The van der Waals surface area contributed by atoms with Gasteiger partial charge in [-0.1, -0.05) is 0 Å². The molecule has 0 fully saturated rings. The van der Waals surface area contributed by atoms with Crippen LogP contribution in [-0.4, -0.2) is 10.6 Å². The fourth-order valence-corrected chi connectivity index (χ4v) is 1.56. The van der Waals surface area contributed by atoms with E-state index in [1.807, 2.05) is 57.2 Å². The highest BCUT2D eigenvalue weighted by atomic mass is 16.5. The maximum atomic E-state index is 5.77. The molecule has 0 saturated carbocycles. The predicted octanol–water partition coefficient (Wildman–Crippen LogP) is 4.00. The van der Waals surface area contributed by atoms with Gasteiger partial charge in [0.25, 0.3) is 0 Å². The quantitative estimate of drug-likeness (QED) is 0.883. The van der Waals surface area contributed by atoms with Crippen molar-refractivity contribution in [3.05, 3.63) is 48.8 Å². The molecular formula is C15H18N2O. The van der Waals surface area contributed by atoms with Crippen molar-refractivity contribution in [1.82, 2.24) is 4.98 Å². The summed E-state index contributed by atoms with van der Waals surface area (Å²) < 4.78 is 5.77. The first-order valence-corrected chi connectivity index (χ1v) is 5.99. The number of ether oxygens (including phenoxy) is 1. The molecule has 2 aromatic rings. The third-order valence-corrected chi connectivity index (χ3v) is 2.25. The number of nitrogens with zero attached hydrogens (tertiary/aromatic N) is 1. The standard InChI is InChI=1S/C15H18N2O/c1-15(2,3)18-14-6-4-12(5-7-14)17-13-8-10-16-11-9-13/h4-11H,1-3H3,(H,16,17). The molecule has 0 aliphatic rings. The van der Waals surface area contributed by atoms with E-state index < -0.39 is 0 Å². The number of pyridine rings is 1. The molecule has 0 aliphatic carbocycles. The SMILES string of the molecule is CC(C)(C)Oc1ccc(Nc2ccncc2)cc1. The van der Waals surface area contributed by atoms with Crippen molar-refractivity contribution < 1.29 is 4.74 Å². The summed E-state index contributed by atoms with van der Waals surface area (Å²) in [5.74, 6) is 0.878. The van der Waals surface area contributed by atoms with Crippen molar-refractivity contribution in [3.63, 3.8) is 0 Å². The predicted molar refractivity (Wildman–Crippen MR) is 74.3 cm³/mol. The van der Waals surface area contributed by atoms with Gasteiger partial charge in [-0.3, -0.25) is 4.98 Å². The van der Waals surface area contributed by atoms with E-state index in [4.69, 9.17) is 4.74 Å². The number of hydrogen-bond acceptors (Lipinski definition) is 3. The molecule has 0 spiro atoms. The molecule has 3 nitrogen and oxygen atoms in total. The van der Waals surface area contributed by atoms with Gasteiger partial charge in [-0.05, 0) is 57.2 Å². The summed E-state index contributed by atoms with van der Waals surface area (Å²) in [4.78, 5) is 3.98. The highest BCUT2D eigenvalue weighted by Gasteiger charge is 2.11. The largest absolute Gasteiger partial charge is 0.488 e. The maximum Gasteiger partial charge on any atom is 0.120 e. The van der Waals surface area contributed by atoms with E-state index in [1.54, 1.807) is 12.4 Å². The van der Waals surface area contributed by atoms with Gasteiger partial charge < -0.3 is 10.1 Å². The fourth-order valence-electron chi connectivity index (χ4n) is 1.56. The van der Waals surface area contributed by atoms with E-state index >= 15 is 0 Å². The molecule has 1 N–H and O–H groups in total. The second kappa shape index (κ2) is 5.08. The maximum absolute atomic E-state index is 5.77. The number of nitrogens with one attached hydrogen (secondary N) is 1. The van der Waals surface area contributed by atoms with Crippen LogP contribution in [0.25, 0.3) is 0 Å². The summed E-state index contributed by atoms with van der Waals surface area (Å²) in [7, 11) is 0. The van der Waals surface area contributed by atoms with Gasteiger partial charge in [-0.15, -0.1) is 0 Å². The second-order valence-electron chi connectivity index (χ2n) is 5.10. The van der Waals surface area contributed by atoms with Gasteiger partial charge in [0.15, 0.2) is 0 Å². The molecule has 0 aliphatic heterocycles. The minimum absolute atomic E-state index is 0.167. The van der Waals surface area contributed by atoms with Crippen molar-refractivity contribution in [2.24, 2.45) is 0 Å². The molecule has 0 bridgehead atoms. The molecular weight excluding hydrogens is 224 g/mol. The molecule has 0 radical (unpaired) electrons. The zero-order valence-corrected chi connectivity index (χ0v) is 11.0. The Morgan fingerprint density at radius 1 is 0.889 bits per heavy atom. The van der Waals surface area contributed by atoms with Crippen LogP contribution >= 0.6 is 0 Å². The van der Waals surface area contributed by atoms with E-state index in [-0.39, 0.29) is 5.60 Å². The van der Waals surface area contributed by atoms with Crippen LogP contribution in [0.2, 0.25) is 0 Å². The van der Waals surface area contributed by atoms with Gasteiger partial charge in [-0.2, -0.15) is 0 Å². The lowest BCUT2D eigenvalue weighted by Crippen LogP contribution is -2.22. The van der Waals surface area contributed by atoms with Gasteiger partial charge in [-0.25, -0.2) is 0 Å². The number of aromatic nitrogens is 1. The van der Waals surface area contributed by atoms with Crippen molar-refractivity contribution in [2.45, 2.75) is 26.4 Å². The van der Waals surface area contributed by atoms with E-state index in [2.05, 4.69) is 10.3 Å². The zero-order valence-electron chi connectivity index (χ0n) is 11.0. The second-order valence-corrected chi connectivity index (χ2v) is 5.10. The summed E-state index contributed by atoms with van der Waals surface area (Å²) >= 11 is 0. The monoisotopic (exact) mass is 242 g/mol. The van der Waals surface area contributed by atoms with Crippen LogP contribution in [0.15, 0.2) is 48.8 Å². The summed E-state index contributed by atoms with van der Waals surface area (Å²) in [6.07, 6.45) is 3.53. The van der Waals surface area contributed by atoms with E-state index in [1.165, 1.54) is 0 Å². The van der Waals surface area contributed by atoms with Gasteiger partial charge in [0.1, 0.15) is 11.4 Å². The lowest BCUT2D eigenvalue weighted by molar-refractivity contribution is 0.131. The molecule has 1 heterocycles. The first-order chi connectivity index (χ1) is 8.53. The molecule has 94 valence electrons. The van der Waals surface area contributed by atoms with Gasteiger partial charge >= 0.3 is 0 Å². The Balaban J connectivity index is 2.04. The zero-order chi connectivity index (χ0) is 13.0. The Morgan fingerprint density at radius 2 is 1.44 bits per heavy atom. The van der Waals surface area contributed by atoms with Crippen LogP contribution in [0, 0.1) is 0 Å². The average Bonchev–Trinajstić information content (AvgIpc) is 2.31. The topological polar surface area (TPSA) is 34.1 Å². The number of anilines is 2. The number of hydrogen-bond donors (Lipinski definition) is 1. The van der Waals surface area contributed by atoms with Crippen molar-refractivity contribution >= 4 is 11.4 Å². The van der Waals surface area contributed by atoms with Crippen molar-refractivity contribution in [1.29, 1.82) is 0 Å². The Hall–Kier alpha value is -2.03. The Kier molecular flexibility index (Phi) is 3.51. The van der Waals surface area contributed by atoms with Crippen LogP contribution in [0.3, 0.4) is 0 Å². The summed E-state index contributed by atoms with van der Waals surface area (Å²) in [6, 6.07) is 11.8. The highest BCUT2D eigenvalue weighted by Crippen LogP contribution is 2.22. The first-order valence-electron chi connectivity index (χ1n) is 5.99. The smallest absolute Gasteiger partial charge is 0.120 e. The van der Waals surface area contributed by atoms with Crippen molar-refractivity contribution in [3.8, 4) is 5.75 Å². The lowest BCUT2D eigenvalue weighted by atomic mass is 10.2. The van der Waals surface area contributed by atoms with Crippen LogP contribution in [0.4, 0.5) is 11.4 Å². The molecule has 18 heavy (non-hydrogen) atoms. The summed E-state index contributed by atoms with van der Waals surface area (Å²) in [5.41, 5.74) is 1.89. The van der Waals surface area contributed by atoms with Gasteiger partial charge in [0.05, 0.1) is 0 Å². The summed E-state index contributed by atoms with van der Waals surface area (Å²) in [6.45, 7) is 6.11. The molecule has 0 atom stereocenters. The molecule has 1 aromatic heterocycles. The third kappa shape index (κ3) is 3.77. The number of benzene rings is 1. The van der Waals surface area contributed by atoms with Crippen LogP contribution in [0.5, 0.6) is 5.75 Å². The molecule has 0 amide bonds. The molecule has 2 rings (SSSR count). The lowest BCUT2D eigenvalue weighted by Gasteiger charge is -2.21. The van der Waals surface area contributed by atoms with E-state index in [0.717, 1.165) is 17.1 Å². The van der Waals surface area contributed by atoms with Crippen LogP contribution in [0.1, 0.15) is 20.8 Å². The Labute approximate surface area is 108 Å². The fraction of sp³-hybridized carbons (Fsp3) is 0.267. The van der Waals surface area contributed by atoms with Crippen LogP contribution in [-0.2, 0) is 0 Å². The normalized spacial score (nSPS) is 11.1. The van der Waals surface area contributed by atoms with Crippen molar-refractivity contribution in [2.75, 3.05) is 5.32 Å². The van der Waals surface area contributed by atoms with Gasteiger partial charge in [0, 0.05) is 23.8 Å². The van der Waals surface area contributed by atoms with E-state index in [0.29, 0.717) is 0 Å². The molecule has 3 heteroatoms. The minimum Gasteiger partial charge on any atom is -0.488 e. The Morgan fingerprint density at radius 3 is 2.00 bits per heavy atom. The summed E-state index contributed by atoms with van der Waals surface area (Å²) in [5, 5.41) is 3.30. The van der Waals surface area contributed by atoms with Crippen LogP contribution < -0.4 is 10.1 Å². The highest BCUT2D eigenvalue weighted by molar-refractivity contribution is 5.59. The molecule has 0 saturated heterocycles. The molecule has 0 unspecified atom stereocenters. The van der Waals surface area contributed by atoms with Gasteiger partial charge in [0.2, 0.25) is 0 Å². The average molecular weight is 242 g/mol.